The molecule has 5 heterocycles. The summed E-state index contributed by atoms with van der Waals surface area (Å²) in [6, 6.07) is 6.64. The lowest BCUT2D eigenvalue weighted by atomic mass is 10.1. The molecule has 0 N–H and O–H groups in total. The summed E-state index contributed by atoms with van der Waals surface area (Å²) >= 11 is 0. The molecule has 0 atom stereocenters. The number of ether oxygens (including phenoxy) is 1. The summed E-state index contributed by atoms with van der Waals surface area (Å²) < 4.78 is 50.0. The molecule has 0 aromatic carbocycles. The van der Waals surface area contributed by atoms with Crippen LogP contribution in [0.25, 0.3) is 33.7 Å². The number of nitrogens with zero attached hydrogens (tertiary/aromatic N) is 6. The number of fused-ring (bicyclic) bond motifs is 1. The summed E-state index contributed by atoms with van der Waals surface area (Å²) in [5.41, 5.74) is 2.58. The van der Waals surface area contributed by atoms with Crippen LogP contribution in [0.3, 0.4) is 0 Å². The minimum Gasteiger partial charge on any atom is -0.378 e. The van der Waals surface area contributed by atoms with E-state index in [1.165, 1.54) is 18.3 Å². The van der Waals surface area contributed by atoms with Crippen molar-refractivity contribution in [2.45, 2.75) is 19.6 Å². The van der Waals surface area contributed by atoms with Crippen molar-refractivity contribution < 1.29 is 27.2 Å². The van der Waals surface area contributed by atoms with Crippen molar-refractivity contribution >= 4 is 16.8 Å². The number of halogens is 3. The average molecular weight is 472 g/mol. The number of alkyl halides is 3. The summed E-state index contributed by atoms with van der Waals surface area (Å²) in [6.07, 6.45) is -1.63. The maximum atomic E-state index is 13.1. The Morgan fingerprint density at radius 3 is 2.59 bits per heavy atom. The molecule has 0 spiro atoms. The molecule has 0 aliphatic carbocycles. The van der Waals surface area contributed by atoms with Gasteiger partial charge < -0.3 is 18.7 Å². The Morgan fingerprint density at radius 2 is 1.88 bits per heavy atom. The van der Waals surface area contributed by atoms with E-state index in [1.807, 2.05) is 17.6 Å². The Labute approximate surface area is 191 Å². The molecule has 0 unspecified atom stereocenters. The largest absolute Gasteiger partial charge is 0.471 e. The minimum absolute atomic E-state index is 0.0689. The molecule has 0 saturated carbocycles. The van der Waals surface area contributed by atoms with E-state index in [-0.39, 0.29) is 11.7 Å². The van der Waals surface area contributed by atoms with Gasteiger partial charge in [-0.3, -0.25) is 14.8 Å². The van der Waals surface area contributed by atoms with E-state index in [0.717, 1.165) is 10.9 Å². The first-order chi connectivity index (χ1) is 16.3. The third kappa shape index (κ3) is 4.00. The van der Waals surface area contributed by atoms with Crippen LogP contribution in [0.4, 0.5) is 13.2 Å². The zero-order chi connectivity index (χ0) is 23.9. The van der Waals surface area contributed by atoms with Crippen molar-refractivity contribution in [3.8, 4) is 22.8 Å². The maximum Gasteiger partial charge on any atom is 0.471 e. The molecule has 9 nitrogen and oxygen atoms in total. The van der Waals surface area contributed by atoms with Gasteiger partial charge in [-0.15, -0.1) is 0 Å². The molecule has 4 aromatic rings. The fourth-order valence-corrected chi connectivity index (χ4v) is 3.91. The monoisotopic (exact) mass is 472 g/mol. The Kier molecular flexibility index (Phi) is 5.52. The second-order valence-electron chi connectivity index (χ2n) is 7.66. The quantitative estimate of drug-likeness (QED) is 0.447. The van der Waals surface area contributed by atoms with Gasteiger partial charge in [0.05, 0.1) is 36.3 Å². The normalized spacial score (nSPS) is 14.6. The first kappa shape index (κ1) is 22.0. The molecule has 4 aromatic heterocycles. The SMILES string of the molecule is CCn1c(C(=O)N2CCOCC2)cc2cc(-c3cc(-c4noc(C(F)(F)F)n4)ccn3)ncc21. The minimum atomic E-state index is -4.73. The molecule has 176 valence electrons. The Balaban J connectivity index is 1.49. The molecular formula is C22H19F3N6O3. The second kappa shape index (κ2) is 8.52. The van der Waals surface area contributed by atoms with E-state index in [4.69, 9.17) is 4.74 Å². The van der Waals surface area contributed by atoms with Crippen molar-refractivity contribution in [1.29, 1.82) is 0 Å². The number of hydrogen-bond acceptors (Lipinski definition) is 7. The van der Waals surface area contributed by atoms with Crippen LogP contribution in [-0.2, 0) is 17.5 Å². The van der Waals surface area contributed by atoms with Crippen LogP contribution < -0.4 is 0 Å². The standard InChI is InChI=1S/C22H19F3N6O3/c1-2-31-17(20(32)30-5-7-33-8-6-30)11-14-10-16(27-12-18(14)31)15-9-13(3-4-26-15)19-28-21(34-29-19)22(23,24)25/h3-4,9-12H,2,5-8H2,1H3. The second-order valence-corrected chi connectivity index (χ2v) is 7.66. The van der Waals surface area contributed by atoms with Gasteiger partial charge in [-0.05, 0) is 31.2 Å². The Bertz CT molecular complexity index is 1360. The summed E-state index contributed by atoms with van der Waals surface area (Å²) in [7, 11) is 0. The zero-order valence-electron chi connectivity index (χ0n) is 18.0. The Morgan fingerprint density at radius 1 is 1.12 bits per heavy atom. The van der Waals surface area contributed by atoms with Gasteiger partial charge in [-0.25, -0.2) is 0 Å². The van der Waals surface area contributed by atoms with Gasteiger partial charge in [-0.2, -0.15) is 18.2 Å². The maximum absolute atomic E-state index is 13.1. The van der Waals surface area contributed by atoms with Gasteiger partial charge in [0.25, 0.3) is 5.91 Å². The lowest BCUT2D eigenvalue weighted by molar-refractivity contribution is -0.159. The van der Waals surface area contributed by atoms with Crippen LogP contribution in [-0.4, -0.2) is 61.8 Å². The van der Waals surface area contributed by atoms with Gasteiger partial charge in [0.15, 0.2) is 0 Å². The summed E-state index contributed by atoms with van der Waals surface area (Å²) in [5.74, 6) is -1.69. The predicted octanol–water partition coefficient (Wildman–Crippen LogP) is 3.66. The predicted molar refractivity (Wildman–Crippen MR) is 114 cm³/mol. The molecule has 0 radical (unpaired) electrons. The van der Waals surface area contributed by atoms with Gasteiger partial charge in [0.1, 0.15) is 5.69 Å². The topological polar surface area (TPSA) is 99.2 Å². The number of carbonyl (C=O) groups excluding carboxylic acids is 1. The van der Waals surface area contributed by atoms with E-state index in [1.54, 1.807) is 17.2 Å². The van der Waals surface area contributed by atoms with Crippen molar-refractivity contribution in [2.24, 2.45) is 0 Å². The molecular weight excluding hydrogens is 453 g/mol. The number of amides is 1. The summed E-state index contributed by atoms with van der Waals surface area (Å²) in [6.45, 7) is 4.64. The molecule has 12 heteroatoms. The van der Waals surface area contributed by atoms with E-state index < -0.39 is 12.1 Å². The molecule has 1 saturated heterocycles. The third-order valence-electron chi connectivity index (χ3n) is 5.57. The van der Waals surface area contributed by atoms with Gasteiger partial charge >= 0.3 is 12.1 Å². The lowest BCUT2D eigenvalue weighted by Gasteiger charge is -2.27. The fourth-order valence-electron chi connectivity index (χ4n) is 3.91. The Hall–Kier alpha value is -3.80. The number of rotatable bonds is 4. The van der Waals surface area contributed by atoms with Crippen molar-refractivity contribution in [3.63, 3.8) is 0 Å². The first-order valence-corrected chi connectivity index (χ1v) is 10.6. The number of hydrogen-bond donors (Lipinski definition) is 0. The van der Waals surface area contributed by atoms with Crippen molar-refractivity contribution in [1.82, 2.24) is 29.6 Å². The molecule has 0 bridgehead atoms. The van der Waals surface area contributed by atoms with Gasteiger partial charge in [-0.1, -0.05) is 5.16 Å². The van der Waals surface area contributed by atoms with Crippen LogP contribution >= 0.6 is 0 Å². The van der Waals surface area contributed by atoms with E-state index in [0.29, 0.717) is 55.5 Å². The van der Waals surface area contributed by atoms with Crippen LogP contribution in [0.1, 0.15) is 23.3 Å². The number of pyridine rings is 2. The summed E-state index contributed by atoms with van der Waals surface area (Å²) in [5, 5.41) is 4.22. The zero-order valence-corrected chi connectivity index (χ0v) is 18.0. The van der Waals surface area contributed by atoms with Crippen molar-refractivity contribution in [3.05, 3.63) is 48.2 Å². The van der Waals surface area contributed by atoms with Gasteiger partial charge in [0.2, 0.25) is 5.82 Å². The average Bonchev–Trinajstić information content (AvgIpc) is 3.49. The highest BCUT2D eigenvalue weighted by Crippen LogP contribution is 2.31. The fraction of sp³-hybridized carbons (Fsp3) is 0.318. The van der Waals surface area contributed by atoms with E-state index in [9.17, 15) is 18.0 Å². The van der Waals surface area contributed by atoms with Crippen molar-refractivity contribution in [2.75, 3.05) is 26.3 Å². The molecule has 5 rings (SSSR count). The smallest absolute Gasteiger partial charge is 0.378 e. The number of morpholine rings is 1. The summed E-state index contributed by atoms with van der Waals surface area (Å²) in [4.78, 5) is 27.0. The van der Waals surface area contributed by atoms with Crippen LogP contribution in [0.5, 0.6) is 0 Å². The molecule has 1 amide bonds. The molecule has 1 aliphatic rings. The number of carbonyl (C=O) groups is 1. The molecule has 1 aliphatic heterocycles. The van der Waals surface area contributed by atoms with Crippen LogP contribution in [0, 0.1) is 0 Å². The molecule has 34 heavy (non-hydrogen) atoms. The highest BCUT2D eigenvalue weighted by Gasteiger charge is 2.38. The lowest BCUT2D eigenvalue weighted by Crippen LogP contribution is -2.41. The van der Waals surface area contributed by atoms with Gasteiger partial charge in [0, 0.05) is 36.8 Å². The highest BCUT2D eigenvalue weighted by atomic mass is 19.4. The van der Waals surface area contributed by atoms with Crippen LogP contribution in [0.2, 0.25) is 0 Å². The molecule has 1 fully saturated rings. The van der Waals surface area contributed by atoms with E-state index in [2.05, 4.69) is 24.6 Å². The first-order valence-electron chi connectivity index (χ1n) is 10.6. The number of aromatic nitrogens is 5. The third-order valence-corrected chi connectivity index (χ3v) is 5.57. The number of aryl methyl sites for hydroxylation is 1. The van der Waals surface area contributed by atoms with E-state index >= 15 is 0 Å². The van der Waals surface area contributed by atoms with Crippen LogP contribution in [0.15, 0.2) is 41.2 Å². The highest BCUT2D eigenvalue weighted by molar-refractivity contribution is 5.99.